The molecule has 1 amide bonds. The smallest absolute Gasteiger partial charge is 0.234 e. The van der Waals surface area contributed by atoms with Crippen LogP contribution in [-0.4, -0.2) is 26.4 Å². The molecule has 2 aromatic carbocycles. The zero-order valence-corrected chi connectivity index (χ0v) is 19.0. The monoisotopic (exact) mass is 452 g/mol. The Labute approximate surface area is 188 Å². The summed E-state index contributed by atoms with van der Waals surface area (Å²) in [7, 11) is 1.90. The highest BCUT2D eigenvalue weighted by Crippen LogP contribution is 2.38. The highest BCUT2D eigenvalue weighted by atomic mass is 32.2. The number of benzene rings is 2. The zero-order chi connectivity index (χ0) is 22.0. The summed E-state index contributed by atoms with van der Waals surface area (Å²) in [5.41, 5.74) is 5.11. The Bertz CT molecular complexity index is 1210. The number of thioether (sulfide) groups is 1. The molecule has 0 saturated heterocycles. The van der Waals surface area contributed by atoms with Gasteiger partial charge in [0.1, 0.15) is 5.82 Å². The van der Waals surface area contributed by atoms with Gasteiger partial charge in [0.05, 0.1) is 5.75 Å². The van der Waals surface area contributed by atoms with Crippen molar-refractivity contribution >= 4 is 34.7 Å². The van der Waals surface area contributed by atoms with Crippen LogP contribution in [0.15, 0.2) is 59.1 Å². The van der Waals surface area contributed by atoms with Crippen LogP contribution in [0.5, 0.6) is 0 Å². The van der Waals surface area contributed by atoms with Gasteiger partial charge in [0, 0.05) is 34.1 Å². The molecule has 158 valence electrons. The van der Waals surface area contributed by atoms with E-state index in [4.69, 9.17) is 0 Å². The molecule has 0 unspecified atom stereocenters. The van der Waals surface area contributed by atoms with Crippen LogP contribution < -0.4 is 5.32 Å². The Hall–Kier alpha value is -2.97. The predicted molar refractivity (Wildman–Crippen MR) is 125 cm³/mol. The standard InChI is InChI=1S/C23H21FN4OS2/c1-14-4-6-16(7-5-14)21-15(2)30-12-19(21)22-26-27-23(28(22)3)31-13-20(29)25-18-10-8-17(24)9-11-18/h4-12H,13H2,1-3H3,(H,25,29). The van der Waals surface area contributed by atoms with Crippen LogP contribution in [0, 0.1) is 19.7 Å². The van der Waals surface area contributed by atoms with Gasteiger partial charge in [-0.25, -0.2) is 4.39 Å². The average molecular weight is 453 g/mol. The molecule has 1 N–H and O–H groups in total. The summed E-state index contributed by atoms with van der Waals surface area (Å²) in [5.74, 6) is 0.415. The van der Waals surface area contributed by atoms with Crippen LogP contribution in [0.1, 0.15) is 10.4 Å². The van der Waals surface area contributed by atoms with Gasteiger partial charge >= 0.3 is 0 Å². The van der Waals surface area contributed by atoms with E-state index in [1.54, 1.807) is 11.3 Å². The molecule has 0 bridgehead atoms. The Balaban J connectivity index is 1.51. The number of amides is 1. The maximum Gasteiger partial charge on any atom is 0.234 e. The molecule has 0 spiro atoms. The van der Waals surface area contributed by atoms with Gasteiger partial charge in [-0.3, -0.25) is 4.79 Å². The highest BCUT2D eigenvalue weighted by molar-refractivity contribution is 7.99. The summed E-state index contributed by atoms with van der Waals surface area (Å²) >= 11 is 2.99. The molecule has 0 radical (unpaired) electrons. The van der Waals surface area contributed by atoms with Crippen molar-refractivity contribution in [2.75, 3.05) is 11.1 Å². The fraction of sp³-hybridized carbons (Fsp3) is 0.174. The lowest BCUT2D eigenvalue weighted by Gasteiger charge is -2.08. The minimum atomic E-state index is -0.340. The van der Waals surface area contributed by atoms with Crippen LogP contribution in [0.2, 0.25) is 0 Å². The fourth-order valence-electron chi connectivity index (χ4n) is 3.23. The van der Waals surface area contributed by atoms with E-state index >= 15 is 0 Å². The number of aryl methyl sites for hydroxylation is 2. The minimum Gasteiger partial charge on any atom is -0.325 e. The van der Waals surface area contributed by atoms with Crippen molar-refractivity contribution in [3.63, 3.8) is 0 Å². The second-order valence-electron chi connectivity index (χ2n) is 7.16. The molecule has 0 fully saturated rings. The topological polar surface area (TPSA) is 59.8 Å². The third-order valence-electron chi connectivity index (χ3n) is 4.85. The quantitative estimate of drug-likeness (QED) is 0.382. The summed E-state index contributed by atoms with van der Waals surface area (Å²) in [6.07, 6.45) is 0. The third-order valence-corrected chi connectivity index (χ3v) is 6.78. The first kappa shape index (κ1) is 21.3. The number of nitrogens with zero attached hydrogens (tertiary/aromatic N) is 3. The first-order valence-corrected chi connectivity index (χ1v) is 11.5. The molecule has 2 heterocycles. The number of carbonyl (C=O) groups excluding carboxylic acids is 1. The molecule has 0 atom stereocenters. The van der Waals surface area contributed by atoms with Crippen molar-refractivity contribution in [3.8, 4) is 22.5 Å². The number of thiophene rings is 1. The van der Waals surface area contributed by atoms with E-state index in [0.29, 0.717) is 10.8 Å². The summed E-state index contributed by atoms with van der Waals surface area (Å²) in [4.78, 5) is 13.5. The maximum absolute atomic E-state index is 13.0. The van der Waals surface area contributed by atoms with Gasteiger partial charge in [0.2, 0.25) is 5.91 Å². The van der Waals surface area contributed by atoms with Gasteiger partial charge in [0.25, 0.3) is 0 Å². The molecule has 4 aromatic rings. The van der Waals surface area contributed by atoms with Crippen molar-refractivity contribution in [3.05, 3.63) is 70.2 Å². The van der Waals surface area contributed by atoms with Gasteiger partial charge in [0.15, 0.2) is 11.0 Å². The van der Waals surface area contributed by atoms with Crippen molar-refractivity contribution in [1.29, 1.82) is 0 Å². The van der Waals surface area contributed by atoms with E-state index in [-0.39, 0.29) is 17.5 Å². The highest BCUT2D eigenvalue weighted by Gasteiger charge is 2.19. The van der Waals surface area contributed by atoms with Gasteiger partial charge in [-0.05, 0) is 43.7 Å². The van der Waals surface area contributed by atoms with E-state index in [1.165, 1.54) is 46.5 Å². The molecule has 0 saturated carbocycles. The van der Waals surface area contributed by atoms with Crippen molar-refractivity contribution in [1.82, 2.24) is 14.8 Å². The second kappa shape index (κ2) is 9.03. The van der Waals surface area contributed by atoms with Crippen molar-refractivity contribution in [2.45, 2.75) is 19.0 Å². The Morgan fingerprint density at radius 1 is 1.10 bits per heavy atom. The molecule has 5 nitrogen and oxygen atoms in total. The largest absolute Gasteiger partial charge is 0.325 e. The molecular formula is C23H21FN4OS2. The van der Waals surface area contributed by atoms with Crippen LogP contribution in [-0.2, 0) is 11.8 Å². The molecule has 8 heteroatoms. The van der Waals surface area contributed by atoms with E-state index in [0.717, 1.165) is 22.5 Å². The number of hydrogen-bond acceptors (Lipinski definition) is 5. The third kappa shape index (κ3) is 4.70. The molecule has 0 aliphatic rings. The number of hydrogen-bond donors (Lipinski definition) is 1. The summed E-state index contributed by atoms with van der Waals surface area (Å²) in [5, 5.41) is 14.2. The molecule has 2 aromatic heterocycles. The number of aromatic nitrogens is 3. The van der Waals surface area contributed by atoms with Crippen LogP contribution >= 0.6 is 23.1 Å². The lowest BCUT2D eigenvalue weighted by atomic mass is 10.0. The average Bonchev–Trinajstić information content (AvgIpc) is 3.31. The molecule has 0 aliphatic heterocycles. The molecular weight excluding hydrogens is 431 g/mol. The van der Waals surface area contributed by atoms with E-state index < -0.39 is 0 Å². The minimum absolute atomic E-state index is 0.177. The number of nitrogens with one attached hydrogen (secondary N) is 1. The summed E-state index contributed by atoms with van der Waals surface area (Å²) in [6.45, 7) is 4.18. The van der Waals surface area contributed by atoms with Gasteiger partial charge in [-0.2, -0.15) is 0 Å². The Kier molecular flexibility index (Phi) is 6.20. The fourth-order valence-corrected chi connectivity index (χ4v) is 4.81. The maximum atomic E-state index is 13.0. The lowest BCUT2D eigenvalue weighted by Crippen LogP contribution is -2.14. The van der Waals surface area contributed by atoms with Gasteiger partial charge in [-0.1, -0.05) is 41.6 Å². The van der Waals surface area contributed by atoms with Crippen molar-refractivity contribution < 1.29 is 9.18 Å². The predicted octanol–water partition coefficient (Wildman–Crippen LogP) is 5.70. The normalized spacial score (nSPS) is 11.0. The Morgan fingerprint density at radius 3 is 2.52 bits per heavy atom. The number of rotatable bonds is 6. The molecule has 4 rings (SSSR count). The zero-order valence-electron chi connectivity index (χ0n) is 17.3. The lowest BCUT2D eigenvalue weighted by molar-refractivity contribution is -0.113. The van der Waals surface area contributed by atoms with E-state index in [1.807, 2.05) is 11.6 Å². The number of halogens is 1. The SMILES string of the molecule is Cc1ccc(-c2c(-c3nnc(SCC(=O)Nc4ccc(F)cc4)n3C)csc2C)cc1. The van der Waals surface area contributed by atoms with Crippen LogP contribution in [0.3, 0.4) is 0 Å². The first-order valence-electron chi connectivity index (χ1n) is 9.65. The number of anilines is 1. The Morgan fingerprint density at radius 2 is 1.81 bits per heavy atom. The van der Waals surface area contributed by atoms with Gasteiger partial charge < -0.3 is 9.88 Å². The first-order chi connectivity index (χ1) is 14.9. The molecule has 0 aliphatic carbocycles. The van der Waals surface area contributed by atoms with Crippen LogP contribution in [0.25, 0.3) is 22.5 Å². The molecule has 31 heavy (non-hydrogen) atoms. The van der Waals surface area contributed by atoms with E-state index in [2.05, 4.69) is 59.0 Å². The second-order valence-corrected chi connectivity index (χ2v) is 9.18. The summed E-state index contributed by atoms with van der Waals surface area (Å²) < 4.78 is 14.9. The van der Waals surface area contributed by atoms with Gasteiger partial charge in [-0.15, -0.1) is 21.5 Å². The summed E-state index contributed by atoms with van der Waals surface area (Å²) in [6, 6.07) is 14.1. The van der Waals surface area contributed by atoms with Crippen LogP contribution in [0.4, 0.5) is 10.1 Å². The van der Waals surface area contributed by atoms with E-state index in [9.17, 15) is 9.18 Å². The number of carbonyl (C=O) groups is 1. The van der Waals surface area contributed by atoms with Crippen molar-refractivity contribution in [2.24, 2.45) is 7.05 Å².